The fraction of sp³-hybridized carbons (Fsp3) is 0.125. The van der Waals surface area contributed by atoms with Crippen molar-refractivity contribution in [3.8, 4) is 5.75 Å². The van der Waals surface area contributed by atoms with Crippen LogP contribution in [-0.4, -0.2) is 34.4 Å². The molecule has 1 amide bonds. The second-order valence-corrected chi connectivity index (χ2v) is 5.23. The van der Waals surface area contributed by atoms with Crippen LogP contribution < -0.4 is 10.2 Å². The number of benzene rings is 1. The average molecular weight is 328 g/mol. The second-order valence-electron chi connectivity index (χ2n) is 4.29. The average Bonchev–Trinajstić information content (AvgIpc) is 2.59. The molecule has 6 nitrogen and oxygen atoms in total. The number of hydrazone groups is 1. The summed E-state index contributed by atoms with van der Waals surface area (Å²) in [6, 6.07) is 9.11. The van der Waals surface area contributed by atoms with E-state index in [9.17, 15) is 4.79 Å². The summed E-state index contributed by atoms with van der Waals surface area (Å²) in [5, 5.41) is 4.48. The summed E-state index contributed by atoms with van der Waals surface area (Å²) in [5.41, 5.74) is 3.29. The molecule has 1 N–H and O–H groups in total. The minimum absolute atomic E-state index is 0.198. The highest BCUT2D eigenvalue weighted by molar-refractivity contribution is 7.99. The maximum Gasteiger partial charge on any atom is 0.250 e. The topological polar surface area (TPSA) is 76.5 Å². The van der Waals surface area contributed by atoms with Crippen molar-refractivity contribution in [2.45, 2.75) is 5.16 Å². The van der Waals surface area contributed by atoms with Crippen LogP contribution in [0.5, 0.6) is 5.75 Å². The van der Waals surface area contributed by atoms with E-state index in [0.717, 1.165) is 11.3 Å². The second kappa shape index (κ2) is 9.37. The Morgan fingerprint density at radius 1 is 1.35 bits per heavy atom. The van der Waals surface area contributed by atoms with Crippen LogP contribution in [0.1, 0.15) is 5.56 Å². The third-order valence-electron chi connectivity index (χ3n) is 2.50. The van der Waals surface area contributed by atoms with Crippen molar-refractivity contribution in [3.63, 3.8) is 0 Å². The number of hydrogen-bond acceptors (Lipinski definition) is 6. The lowest BCUT2D eigenvalue weighted by Gasteiger charge is -2.03. The molecular formula is C16H16N4O2S. The third-order valence-corrected chi connectivity index (χ3v) is 3.38. The van der Waals surface area contributed by atoms with Gasteiger partial charge in [0.1, 0.15) is 12.4 Å². The van der Waals surface area contributed by atoms with Gasteiger partial charge >= 0.3 is 0 Å². The number of aromatic nitrogens is 2. The third kappa shape index (κ3) is 6.31. The maximum atomic E-state index is 11.7. The minimum atomic E-state index is -0.224. The molecule has 0 fully saturated rings. The normalized spacial score (nSPS) is 10.4. The lowest BCUT2D eigenvalue weighted by molar-refractivity contribution is -0.118. The van der Waals surface area contributed by atoms with E-state index in [1.165, 1.54) is 11.8 Å². The Morgan fingerprint density at radius 2 is 2.17 bits per heavy atom. The van der Waals surface area contributed by atoms with Gasteiger partial charge in [-0.3, -0.25) is 4.79 Å². The molecule has 0 aliphatic rings. The summed E-state index contributed by atoms with van der Waals surface area (Å²) in [6.07, 6.45) is 6.50. The van der Waals surface area contributed by atoms with Gasteiger partial charge in [0.05, 0.1) is 12.0 Å². The van der Waals surface area contributed by atoms with E-state index in [1.54, 1.807) is 30.8 Å². The first-order chi connectivity index (χ1) is 11.3. The highest BCUT2D eigenvalue weighted by Gasteiger charge is 2.02. The highest BCUT2D eigenvalue weighted by atomic mass is 32.2. The number of hydrogen-bond donors (Lipinski definition) is 1. The monoisotopic (exact) mass is 328 g/mol. The predicted molar refractivity (Wildman–Crippen MR) is 90.6 cm³/mol. The number of nitrogens with one attached hydrogen (secondary N) is 1. The predicted octanol–water partition coefficient (Wildman–Crippen LogP) is 2.28. The van der Waals surface area contributed by atoms with Gasteiger partial charge in [-0.05, 0) is 23.8 Å². The quantitative estimate of drug-likeness (QED) is 0.264. The van der Waals surface area contributed by atoms with Gasteiger partial charge in [0, 0.05) is 12.4 Å². The largest absolute Gasteiger partial charge is 0.490 e. The van der Waals surface area contributed by atoms with Gasteiger partial charge in [0.15, 0.2) is 5.16 Å². The molecule has 7 heteroatoms. The summed E-state index contributed by atoms with van der Waals surface area (Å²) in [4.78, 5) is 19.7. The number of nitrogens with zero attached hydrogens (tertiary/aromatic N) is 3. The van der Waals surface area contributed by atoms with E-state index in [-0.39, 0.29) is 11.7 Å². The van der Waals surface area contributed by atoms with Crippen molar-refractivity contribution in [1.29, 1.82) is 0 Å². The maximum absolute atomic E-state index is 11.7. The lowest BCUT2D eigenvalue weighted by atomic mass is 10.2. The number of carbonyl (C=O) groups excluding carboxylic acids is 1. The molecule has 0 radical (unpaired) electrons. The number of rotatable bonds is 8. The van der Waals surface area contributed by atoms with Gasteiger partial charge in [-0.1, -0.05) is 36.5 Å². The lowest BCUT2D eigenvalue weighted by Crippen LogP contribution is -2.19. The summed E-state index contributed by atoms with van der Waals surface area (Å²) in [7, 11) is 0. The first-order valence-electron chi connectivity index (χ1n) is 6.83. The zero-order chi connectivity index (χ0) is 16.3. The smallest absolute Gasteiger partial charge is 0.250 e. The molecule has 118 valence electrons. The first kappa shape index (κ1) is 16.7. The molecule has 1 aromatic carbocycles. The zero-order valence-corrected chi connectivity index (χ0v) is 13.2. The number of carbonyl (C=O) groups is 1. The van der Waals surface area contributed by atoms with E-state index in [4.69, 9.17) is 4.74 Å². The molecule has 2 aromatic rings. The van der Waals surface area contributed by atoms with E-state index in [2.05, 4.69) is 27.1 Å². The van der Waals surface area contributed by atoms with Gasteiger partial charge in [-0.15, -0.1) is 0 Å². The number of ether oxygens (including phenoxy) is 1. The molecule has 0 aliphatic carbocycles. The van der Waals surface area contributed by atoms with Crippen molar-refractivity contribution in [1.82, 2.24) is 15.4 Å². The summed E-state index contributed by atoms with van der Waals surface area (Å²) in [6.45, 7) is 4.04. The molecule has 0 saturated carbocycles. The van der Waals surface area contributed by atoms with Crippen LogP contribution in [0.3, 0.4) is 0 Å². The summed E-state index contributed by atoms with van der Waals surface area (Å²) in [5.74, 6) is 0.693. The van der Waals surface area contributed by atoms with E-state index >= 15 is 0 Å². The molecule has 0 saturated heterocycles. The molecule has 0 aliphatic heterocycles. The molecule has 0 unspecified atom stereocenters. The standard InChI is InChI=1S/C16H16N4O2S/c1-2-9-22-14-6-3-5-13(10-14)11-19-20-15(21)12-23-16-17-7-4-8-18-16/h2-8,10-11H,1,9,12H2,(H,20,21)/b19-11-. The molecule has 0 bridgehead atoms. The highest BCUT2D eigenvalue weighted by Crippen LogP contribution is 2.12. The van der Waals surface area contributed by atoms with Crippen molar-refractivity contribution in [3.05, 3.63) is 60.9 Å². The van der Waals surface area contributed by atoms with Crippen LogP contribution in [-0.2, 0) is 4.79 Å². The summed E-state index contributed by atoms with van der Waals surface area (Å²) >= 11 is 1.25. The first-order valence-corrected chi connectivity index (χ1v) is 7.82. The van der Waals surface area contributed by atoms with Crippen LogP contribution >= 0.6 is 11.8 Å². The van der Waals surface area contributed by atoms with Crippen LogP contribution in [0.2, 0.25) is 0 Å². The van der Waals surface area contributed by atoms with Gasteiger partial charge in [-0.25, -0.2) is 15.4 Å². The van der Waals surface area contributed by atoms with E-state index < -0.39 is 0 Å². The summed E-state index contributed by atoms with van der Waals surface area (Å²) < 4.78 is 5.43. The van der Waals surface area contributed by atoms with Crippen molar-refractivity contribution >= 4 is 23.9 Å². The van der Waals surface area contributed by atoms with Gasteiger partial charge in [-0.2, -0.15) is 5.10 Å². The molecule has 0 spiro atoms. The van der Waals surface area contributed by atoms with E-state index in [1.807, 2.05) is 24.3 Å². The van der Waals surface area contributed by atoms with Crippen LogP contribution in [0.25, 0.3) is 0 Å². The van der Waals surface area contributed by atoms with Gasteiger partial charge < -0.3 is 4.74 Å². The molecule has 1 aromatic heterocycles. The van der Waals surface area contributed by atoms with E-state index in [0.29, 0.717) is 11.8 Å². The molecule has 1 heterocycles. The van der Waals surface area contributed by atoms with Crippen molar-refractivity contribution < 1.29 is 9.53 Å². The Morgan fingerprint density at radius 3 is 2.96 bits per heavy atom. The molecular weight excluding hydrogens is 312 g/mol. The van der Waals surface area contributed by atoms with Crippen molar-refractivity contribution in [2.24, 2.45) is 5.10 Å². The molecule has 0 atom stereocenters. The van der Waals surface area contributed by atoms with Gasteiger partial charge in [0.2, 0.25) is 0 Å². The fourth-order valence-electron chi connectivity index (χ4n) is 1.54. The Bertz CT molecular complexity index is 677. The molecule has 23 heavy (non-hydrogen) atoms. The fourth-order valence-corrected chi connectivity index (χ4v) is 2.14. The Labute approximate surface area is 138 Å². The number of amides is 1. The Balaban J connectivity index is 1.79. The SMILES string of the molecule is C=CCOc1cccc(/C=N\NC(=O)CSc2ncccn2)c1. The van der Waals surface area contributed by atoms with Gasteiger partial charge in [0.25, 0.3) is 5.91 Å². The Hall–Kier alpha value is -2.67. The van der Waals surface area contributed by atoms with Crippen molar-refractivity contribution in [2.75, 3.05) is 12.4 Å². The van der Waals surface area contributed by atoms with Crippen LogP contribution in [0, 0.1) is 0 Å². The van der Waals surface area contributed by atoms with Crippen LogP contribution in [0.15, 0.2) is 65.6 Å². The zero-order valence-electron chi connectivity index (χ0n) is 12.4. The number of thioether (sulfide) groups is 1. The van der Waals surface area contributed by atoms with Crippen LogP contribution in [0.4, 0.5) is 0 Å². The Kier molecular flexibility index (Phi) is 6.80. The molecule has 2 rings (SSSR count). The minimum Gasteiger partial charge on any atom is -0.490 e.